The number of aromatic nitrogens is 2. The van der Waals surface area contributed by atoms with Gasteiger partial charge in [0.25, 0.3) is 11.8 Å². The van der Waals surface area contributed by atoms with Gasteiger partial charge in [-0.2, -0.15) is 0 Å². The SMILES string of the molecule is CC(C)=C(N)C(=O)NC(=C(C)C)C1NC=C(c2ccc(-c3ccc(-c4cnc([C@@H](NC(=O)C(N)=C(C)C)C(C)C)[nH]4)cc3)cc2)N1. The summed E-state index contributed by atoms with van der Waals surface area (Å²) >= 11 is 0. The van der Waals surface area contributed by atoms with E-state index in [4.69, 9.17) is 11.5 Å². The first-order valence-electron chi connectivity index (χ1n) is 15.4. The molecule has 9 N–H and O–H groups in total. The minimum Gasteiger partial charge on any atom is -0.394 e. The highest BCUT2D eigenvalue weighted by Crippen LogP contribution is 2.28. The third-order valence-corrected chi connectivity index (χ3v) is 7.90. The van der Waals surface area contributed by atoms with Crippen molar-refractivity contribution in [1.82, 2.24) is 31.2 Å². The Morgan fingerprint density at radius 2 is 1.28 bits per heavy atom. The first-order chi connectivity index (χ1) is 21.8. The fourth-order valence-corrected chi connectivity index (χ4v) is 4.95. The molecule has 2 aromatic carbocycles. The number of nitrogens with zero attached hydrogens (tertiary/aromatic N) is 1. The lowest BCUT2D eigenvalue weighted by Crippen LogP contribution is -2.43. The van der Waals surface area contributed by atoms with Crippen molar-refractivity contribution in [3.8, 4) is 22.4 Å². The summed E-state index contributed by atoms with van der Waals surface area (Å²) in [6, 6.07) is 16.3. The molecule has 10 heteroatoms. The molecule has 0 spiro atoms. The second-order valence-electron chi connectivity index (χ2n) is 12.5. The number of amides is 2. The quantitative estimate of drug-likeness (QED) is 0.151. The highest BCUT2D eigenvalue weighted by molar-refractivity contribution is 5.94. The van der Waals surface area contributed by atoms with Crippen LogP contribution in [-0.4, -0.2) is 27.9 Å². The van der Waals surface area contributed by atoms with E-state index in [0.29, 0.717) is 5.82 Å². The van der Waals surface area contributed by atoms with E-state index in [1.54, 1.807) is 6.20 Å². The van der Waals surface area contributed by atoms with Crippen LogP contribution < -0.4 is 32.7 Å². The van der Waals surface area contributed by atoms with E-state index in [2.05, 4.69) is 79.8 Å². The molecule has 3 aromatic rings. The summed E-state index contributed by atoms with van der Waals surface area (Å²) < 4.78 is 0. The number of carbonyl (C=O) groups excluding carboxylic acids is 2. The van der Waals surface area contributed by atoms with Crippen LogP contribution in [0.4, 0.5) is 0 Å². The fraction of sp³-hybridized carbons (Fsp3) is 0.306. The molecule has 0 fully saturated rings. The predicted molar refractivity (Wildman–Crippen MR) is 185 cm³/mol. The first kappa shape index (κ1) is 33.6. The van der Waals surface area contributed by atoms with Crippen LogP contribution in [-0.2, 0) is 9.59 Å². The Bertz CT molecular complexity index is 1710. The van der Waals surface area contributed by atoms with Crippen molar-refractivity contribution in [2.24, 2.45) is 17.4 Å². The maximum absolute atomic E-state index is 12.6. The molecule has 1 aliphatic rings. The van der Waals surface area contributed by atoms with Gasteiger partial charge in [0.15, 0.2) is 0 Å². The van der Waals surface area contributed by atoms with Crippen molar-refractivity contribution in [1.29, 1.82) is 0 Å². The average Bonchev–Trinajstić information content (AvgIpc) is 3.72. The molecule has 2 amide bonds. The largest absolute Gasteiger partial charge is 0.394 e. The normalized spacial score (nSPS) is 14.4. The van der Waals surface area contributed by atoms with Gasteiger partial charge in [-0.05, 0) is 80.9 Å². The van der Waals surface area contributed by atoms with E-state index in [0.717, 1.165) is 56.1 Å². The van der Waals surface area contributed by atoms with Crippen molar-refractivity contribution in [2.75, 3.05) is 0 Å². The lowest BCUT2D eigenvalue weighted by Gasteiger charge is -2.21. The molecule has 1 unspecified atom stereocenters. The smallest absolute Gasteiger partial charge is 0.271 e. The summed E-state index contributed by atoms with van der Waals surface area (Å²) in [5.41, 5.74) is 21.5. The lowest BCUT2D eigenvalue weighted by atomic mass is 10.0. The van der Waals surface area contributed by atoms with Gasteiger partial charge in [-0.1, -0.05) is 68.0 Å². The van der Waals surface area contributed by atoms with Crippen LogP contribution in [0.25, 0.3) is 28.1 Å². The monoisotopic (exact) mass is 622 g/mol. The van der Waals surface area contributed by atoms with Gasteiger partial charge in [-0.3, -0.25) is 9.59 Å². The van der Waals surface area contributed by atoms with Gasteiger partial charge < -0.3 is 37.7 Å². The Morgan fingerprint density at radius 3 is 1.80 bits per heavy atom. The van der Waals surface area contributed by atoms with Gasteiger partial charge in [0.05, 0.1) is 40.7 Å². The number of hydrogen-bond donors (Lipinski definition) is 7. The number of nitrogens with two attached hydrogens (primary N) is 2. The molecule has 0 aliphatic carbocycles. The maximum Gasteiger partial charge on any atom is 0.271 e. The van der Waals surface area contributed by atoms with Crippen molar-refractivity contribution in [2.45, 2.75) is 67.6 Å². The average molecular weight is 623 g/mol. The number of aromatic amines is 1. The van der Waals surface area contributed by atoms with Crippen molar-refractivity contribution in [3.05, 3.63) is 106 Å². The van der Waals surface area contributed by atoms with E-state index in [9.17, 15) is 9.59 Å². The van der Waals surface area contributed by atoms with E-state index in [1.165, 1.54) is 0 Å². The molecule has 1 aromatic heterocycles. The second kappa shape index (κ2) is 14.2. The Morgan fingerprint density at radius 1 is 0.761 bits per heavy atom. The number of allylic oxidation sites excluding steroid dienone is 3. The number of H-pyrrole nitrogens is 1. The highest BCUT2D eigenvalue weighted by Gasteiger charge is 2.24. The summed E-state index contributed by atoms with van der Waals surface area (Å²) in [7, 11) is 0. The molecule has 2 heterocycles. The van der Waals surface area contributed by atoms with Crippen LogP contribution in [0.2, 0.25) is 0 Å². The van der Waals surface area contributed by atoms with Crippen LogP contribution in [0.5, 0.6) is 0 Å². The molecule has 242 valence electrons. The Hall–Kier alpha value is -5.25. The Labute approximate surface area is 271 Å². The van der Waals surface area contributed by atoms with Gasteiger partial charge in [-0.15, -0.1) is 0 Å². The minimum absolute atomic E-state index is 0.109. The van der Waals surface area contributed by atoms with Crippen LogP contribution in [0.15, 0.2) is 94.7 Å². The molecule has 2 atom stereocenters. The summed E-state index contributed by atoms with van der Waals surface area (Å²) in [4.78, 5) is 33.1. The molecular formula is C36H46N8O2. The van der Waals surface area contributed by atoms with Gasteiger partial charge in [0, 0.05) is 6.20 Å². The van der Waals surface area contributed by atoms with Crippen LogP contribution in [0, 0.1) is 5.92 Å². The van der Waals surface area contributed by atoms with E-state index >= 15 is 0 Å². The van der Waals surface area contributed by atoms with Crippen LogP contribution in [0.3, 0.4) is 0 Å². The number of rotatable bonds is 10. The first-order valence-corrected chi connectivity index (χ1v) is 15.4. The zero-order chi connectivity index (χ0) is 33.7. The molecule has 1 aliphatic heterocycles. The van der Waals surface area contributed by atoms with Crippen LogP contribution >= 0.6 is 0 Å². The van der Waals surface area contributed by atoms with E-state index < -0.39 is 0 Å². The van der Waals surface area contributed by atoms with Gasteiger partial charge in [-0.25, -0.2) is 4.98 Å². The van der Waals surface area contributed by atoms with Crippen molar-refractivity contribution >= 4 is 17.5 Å². The van der Waals surface area contributed by atoms with Gasteiger partial charge >= 0.3 is 0 Å². The number of benzene rings is 2. The predicted octanol–water partition coefficient (Wildman–Crippen LogP) is 5.29. The standard InChI is InChI=1S/C36H46N8O2/c1-19(2)29(37)35(45)43-31(21(5)6)33-39-17-27(41-33)25-13-9-23(10-14-25)24-11-15-26(16-12-24)28-18-40-34(42-28)32(22(7)8)44-36(46)30(38)20(3)4/h9-18,21,31,34,40,42H,37-38H2,1-8H3,(H,39,41)(H,43,45)(H,44,46)/t31-,34?/m0/s1. The molecule has 0 saturated carbocycles. The number of hydrogen-bond acceptors (Lipinski definition) is 7. The molecule has 4 rings (SSSR count). The Balaban J connectivity index is 1.43. The summed E-state index contributed by atoms with van der Waals surface area (Å²) in [6.45, 7) is 15.2. The molecule has 10 nitrogen and oxygen atoms in total. The summed E-state index contributed by atoms with van der Waals surface area (Å²) in [6.07, 6.45) is 3.42. The van der Waals surface area contributed by atoms with Gasteiger partial charge in [0.2, 0.25) is 0 Å². The summed E-state index contributed by atoms with van der Waals surface area (Å²) in [5, 5.41) is 12.8. The molecule has 46 heavy (non-hydrogen) atoms. The number of imidazole rings is 1. The maximum atomic E-state index is 12.6. The Kier molecular flexibility index (Phi) is 10.4. The molecule has 0 radical (unpaired) electrons. The summed E-state index contributed by atoms with van der Waals surface area (Å²) in [5.74, 6) is 0.181. The lowest BCUT2D eigenvalue weighted by molar-refractivity contribution is -0.119. The molecule has 0 saturated heterocycles. The van der Waals surface area contributed by atoms with Crippen molar-refractivity contribution < 1.29 is 9.59 Å². The fourth-order valence-electron chi connectivity index (χ4n) is 4.95. The number of nitrogens with one attached hydrogen (secondary N) is 5. The second-order valence-corrected chi connectivity index (χ2v) is 12.5. The highest BCUT2D eigenvalue weighted by atomic mass is 16.2. The molecular weight excluding hydrogens is 576 g/mol. The van der Waals surface area contributed by atoms with Crippen molar-refractivity contribution in [3.63, 3.8) is 0 Å². The number of carbonyl (C=O) groups is 2. The van der Waals surface area contributed by atoms with Crippen LogP contribution in [0.1, 0.15) is 72.8 Å². The zero-order valence-electron chi connectivity index (χ0n) is 27.9. The molecule has 0 bridgehead atoms. The topological polar surface area (TPSA) is 163 Å². The minimum atomic E-state index is -0.314. The van der Waals surface area contributed by atoms with Gasteiger partial charge in [0.1, 0.15) is 12.0 Å². The third-order valence-electron chi connectivity index (χ3n) is 7.90. The van der Waals surface area contributed by atoms with E-state index in [1.807, 2.05) is 61.6 Å². The van der Waals surface area contributed by atoms with E-state index in [-0.39, 0.29) is 41.3 Å². The third kappa shape index (κ3) is 7.69. The zero-order valence-corrected chi connectivity index (χ0v) is 27.9.